The van der Waals surface area contributed by atoms with E-state index in [-0.39, 0.29) is 17.7 Å². The van der Waals surface area contributed by atoms with Crippen molar-refractivity contribution in [3.8, 4) is 22.9 Å². The van der Waals surface area contributed by atoms with Crippen LogP contribution in [0, 0.1) is 5.92 Å². The van der Waals surface area contributed by atoms with E-state index in [0.717, 1.165) is 42.0 Å². The summed E-state index contributed by atoms with van der Waals surface area (Å²) in [7, 11) is 1.64. The molecule has 2 atom stereocenters. The van der Waals surface area contributed by atoms with Gasteiger partial charge in [-0.05, 0) is 55.2 Å². The van der Waals surface area contributed by atoms with Gasteiger partial charge in [-0.25, -0.2) is 0 Å². The van der Waals surface area contributed by atoms with E-state index in [4.69, 9.17) is 14.0 Å². The number of carbonyl (C=O) groups is 1. The van der Waals surface area contributed by atoms with E-state index in [2.05, 4.69) is 15.1 Å². The number of pyridine rings is 1. The third-order valence-corrected chi connectivity index (χ3v) is 5.97. The molecular formula is C23H24N4O4. The molecule has 0 N–H and O–H groups in total. The van der Waals surface area contributed by atoms with Crippen LogP contribution in [0.15, 0.2) is 47.2 Å². The van der Waals surface area contributed by atoms with Crippen LogP contribution >= 0.6 is 0 Å². The first-order valence-electron chi connectivity index (χ1n) is 10.5. The Labute approximate surface area is 180 Å². The largest absolute Gasteiger partial charge is 0.497 e. The second kappa shape index (κ2) is 8.37. The van der Waals surface area contributed by atoms with E-state index in [1.54, 1.807) is 19.5 Å². The first-order chi connectivity index (χ1) is 15.2. The molecule has 1 saturated heterocycles. The average molecular weight is 420 g/mol. The molecule has 8 heteroatoms. The summed E-state index contributed by atoms with van der Waals surface area (Å²) < 4.78 is 16.7. The van der Waals surface area contributed by atoms with Crippen molar-refractivity contribution in [3.63, 3.8) is 0 Å². The maximum absolute atomic E-state index is 13.3. The quantitative estimate of drug-likeness (QED) is 0.641. The summed E-state index contributed by atoms with van der Waals surface area (Å²) in [5.74, 6) is 2.65. The summed E-state index contributed by atoms with van der Waals surface area (Å²) in [6.45, 7) is 1.71. The normalized spacial score (nSPS) is 20.6. The summed E-state index contributed by atoms with van der Waals surface area (Å²) in [4.78, 5) is 23.8. The monoisotopic (exact) mass is 420 g/mol. The van der Waals surface area contributed by atoms with Crippen molar-refractivity contribution in [1.82, 2.24) is 20.0 Å². The van der Waals surface area contributed by atoms with Gasteiger partial charge < -0.3 is 18.9 Å². The molecule has 8 nitrogen and oxygen atoms in total. The zero-order valence-electron chi connectivity index (χ0n) is 17.4. The zero-order valence-corrected chi connectivity index (χ0v) is 17.4. The van der Waals surface area contributed by atoms with Gasteiger partial charge in [-0.2, -0.15) is 4.98 Å². The minimum absolute atomic E-state index is 0.0347. The average Bonchev–Trinajstić information content (AvgIpc) is 3.34. The van der Waals surface area contributed by atoms with Crippen LogP contribution in [0.2, 0.25) is 0 Å². The highest BCUT2D eigenvalue weighted by Gasteiger charge is 2.34. The molecule has 0 bridgehead atoms. The highest BCUT2D eigenvalue weighted by atomic mass is 16.5. The number of piperidine rings is 1. The highest BCUT2D eigenvalue weighted by molar-refractivity contribution is 5.80. The van der Waals surface area contributed by atoms with E-state index in [1.165, 1.54) is 0 Å². The lowest BCUT2D eigenvalue weighted by molar-refractivity contribution is -0.138. The molecule has 0 radical (unpaired) electrons. The molecule has 0 aliphatic carbocycles. The number of fused-ring (bicyclic) bond motifs is 1. The van der Waals surface area contributed by atoms with E-state index in [1.807, 2.05) is 35.2 Å². The maximum atomic E-state index is 13.3. The molecule has 5 rings (SSSR count). The molecule has 160 valence electrons. The topological polar surface area (TPSA) is 90.6 Å². The molecule has 2 aromatic heterocycles. The Morgan fingerprint density at radius 1 is 1.29 bits per heavy atom. The fourth-order valence-corrected chi connectivity index (χ4v) is 4.31. The molecule has 4 heterocycles. The van der Waals surface area contributed by atoms with Crippen LogP contribution < -0.4 is 9.47 Å². The van der Waals surface area contributed by atoms with E-state index >= 15 is 0 Å². The number of nitrogens with zero attached hydrogens (tertiary/aromatic N) is 4. The number of carbonyl (C=O) groups excluding carboxylic acids is 1. The molecule has 31 heavy (non-hydrogen) atoms. The Hall–Kier alpha value is -3.42. The molecular weight excluding hydrogens is 396 g/mol. The van der Waals surface area contributed by atoms with Crippen molar-refractivity contribution >= 4 is 5.91 Å². The third-order valence-electron chi connectivity index (χ3n) is 5.97. The van der Waals surface area contributed by atoms with Gasteiger partial charge in [0.1, 0.15) is 18.1 Å². The third kappa shape index (κ3) is 3.97. The summed E-state index contributed by atoms with van der Waals surface area (Å²) in [6, 6.07) is 9.47. The lowest BCUT2D eigenvalue weighted by Crippen LogP contribution is -2.45. The van der Waals surface area contributed by atoms with Gasteiger partial charge in [0.05, 0.1) is 18.9 Å². The first kappa shape index (κ1) is 19.5. The Morgan fingerprint density at radius 3 is 3.06 bits per heavy atom. The molecule has 1 amide bonds. The standard InChI is InChI=1S/C23H24N4O4/c1-29-19-6-7-20-17(11-19)10-18(14-30-20)23(28)27-9-3-5-16(13-27)22-25-21(26-31-22)15-4-2-8-24-12-15/h2,4,6-8,11-12,16,18H,3,5,9-10,13-14H2,1H3. The maximum Gasteiger partial charge on any atom is 0.231 e. The Kier molecular flexibility index (Phi) is 5.28. The molecule has 2 aliphatic heterocycles. The molecule has 2 unspecified atom stereocenters. The highest BCUT2D eigenvalue weighted by Crippen LogP contribution is 2.33. The fraction of sp³-hybridized carbons (Fsp3) is 0.391. The van der Waals surface area contributed by atoms with E-state index < -0.39 is 0 Å². The van der Waals surface area contributed by atoms with Gasteiger partial charge in [0.2, 0.25) is 17.6 Å². The van der Waals surface area contributed by atoms with Crippen molar-refractivity contribution in [2.75, 3.05) is 26.8 Å². The molecule has 0 saturated carbocycles. The lowest BCUT2D eigenvalue weighted by atomic mass is 9.92. The van der Waals surface area contributed by atoms with Gasteiger partial charge in [-0.3, -0.25) is 9.78 Å². The summed E-state index contributed by atoms with van der Waals surface area (Å²) >= 11 is 0. The summed E-state index contributed by atoms with van der Waals surface area (Å²) in [5, 5.41) is 4.10. The van der Waals surface area contributed by atoms with Crippen molar-refractivity contribution in [1.29, 1.82) is 0 Å². The van der Waals surface area contributed by atoms with Crippen LogP contribution in [-0.4, -0.2) is 52.7 Å². The summed E-state index contributed by atoms with van der Waals surface area (Å²) in [6.07, 6.45) is 5.89. The van der Waals surface area contributed by atoms with E-state index in [9.17, 15) is 4.79 Å². The van der Waals surface area contributed by atoms with Crippen LogP contribution in [0.25, 0.3) is 11.4 Å². The second-order valence-corrected chi connectivity index (χ2v) is 8.01. The number of rotatable bonds is 4. The van der Waals surface area contributed by atoms with Crippen molar-refractivity contribution in [2.45, 2.75) is 25.2 Å². The van der Waals surface area contributed by atoms with Gasteiger partial charge >= 0.3 is 0 Å². The summed E-state index contributed by atoms with van der Waals surface area (Å²) in [5.41, 5.74) is 1.82. The van der Waals surface area contributed by atoms with Crippen molar-refractivity contribution in [3.05, 3.63) is 54.2 Å². The number of hydrogen-bond acceptors (Lipinski definition) is 7. The molecule has 1 aromatic carbocycles. The number of ether oxygens (including phenoxy) is 2. The van der Waals surface area contributed by atoms with Crippen molar-refractivity contribution < 1.29 is 18.8 Å². The Bertz CT molecular complexity index is 1070. The van der Waals surface area contributed by atoms with Crippen LogP contribution in [0.4, 0.5) is 0 Å². The number of hydrogen-bond donors (Lipinski definition) is 0. The second-order valence-electron chi connectivity index (χ2n) is 8.01. The van der Waals surface area contributed by atoms with Gasteiger partial charge in [-0.15, -0.1) is 0 Å². The van der Waals surface area contributed by atoms with Crippen LogP contribution in [0.1, 0.15) is 30.2 Å². The van der Waals surface area contributed by atoms with E-state index in [0.29, 0.717) is 31.3 Å². The van der Waals surface area contributed by atoms with Gasteiger partial charge in [-0.1, -0.05) is 5.16 Å². The number of amides is 1. The Balaban J connectivity index is 1.27. The smallest absolute Gasteiger partial charge is 0.231 e. The van der Waals surface area contributed by atoms with Crippen molar-refractivity contribution in [2.24, 2.45) is 5.92 Å². The Morgan fingerprint density at radius 2 is 2.23 bits per heavy atom. The van der Waals surface area contributed by atoms with Crippen LogP contribution in [0.3, 0.4) is 0 Å². The number of likely N-dealkylation sites (tertiary alicyclic amines) is 1. The molecule has 0 spiro atoms. The van der Waals surface area contributed by atoms with Gasteiger partial charge in [0.15, 0.2) is 0 Å². The van der Waals surface area contributed by atoms with Gasteiger partial charge in [0, 0.05) is 31.0 Å². The fourth-order valence-electron chi connectivity index (χ4n) is 4.31. The van der Waals surface area contributed by atoms with Crippen LogP contribution in [0.5, 0.6) is 11.5 Å². The number of aromatic nitrogens is 3. The van der Waals surface area contributed by atoms with Crippen LogP contribution in [-0.2, 0) is 11.2 Å². The predicted octanol–water partition coefficient (Wildman–Crippen LogP) is 3.10. The molecule has 3 aromatic rings. The number of benzene rings is 1. The number of methoxy groups -OCH3 is 1. The predicted molar refractivity (Wildman–Crippen MR) is 112 cm³/mol. The minimum Gasteiger partial charge on any atom is -0.497 e. The molecule has 2 aliphatic rings. The molecule has 1 fully saturated rings. The lowest BCUT2D eigenvalue weighted by Gasteiger charge is -2.35. The zero-order chi connectivity index (χ0) is 21.2. The van der Waals surface area contributed by atoms with Gasteiger partial charge in [0.25, 0.3) is 0 Å². The minimum atomic E-state index is -0.202. The first-order valence-corrected chi connectivity index (χ1v) is 10.5. The SMILES string of the molecule is COc1ccc2c(c1)CC(C(=O)N1CCCC(c3nc(-c4cccnc4)no3)C1)CO2.